The van der Waals surface area contributed by atoms with Crippen LogP contribution in [0.3, 0.4) is 0 Å². The molecule has 0 aromatic rings. The Bertz CT molecular complexity index is 48.1. The van der Waals surface area contributed by atoms with Gasteiger partial charge in [-0.15, -0.1) is 12.2 Å². The molecule has 0 spiro atoms. The van der Waals surface area contributed by atoms with Crippen LogP contribution in [0.25, 0.3) is 0 Å². The lowest BCUT2D eigenvalue weighted by molar-refractivity contribution is 2.19. The van der Waals surface area contributed by atoms with Crippen LogP contribution in [0.2, 0.25) is 0 Å². The first kappa shape index (κ1) is 6.58. The average molecular weight is 116 g/mol. The maximum absolute atomic E-state index is 5.16. The van der Waals surface area contributed by atoms with Crippen LogP contribution in [0.1, 0.15) is 0 Å². The predicted molar refractivity (Wildman–Crippen MR) is 36.7 cm³/mol. The maximum atomic E-state index is 5.16. The lowest BCUT2D eigenvalue weighted by atomic mass is 10.2. The molecule has 1 unspecified atom stereocenters. The molecule has 0 N–H and O–H groups in total. The summed E-state index contributed by atoms with van der Waals surface area (Å²) in [5.74, 6) is 1.78. The highest BCUT2D eigenvalue weighted by atomic mass is 32.7. The van der Waals surface area contributed by atoms with Crippen LogP contribution in [0.5, 0.6) is 0 Å². The minimum absolute atomic E-state index is 0.340. The van der Waals surface area contributed by atoms with E-state index in [1.54, 1.807) is 5.82 Å². The SMILES string of the molecule is [B]CP(S)C=C. The van der Waals surface area contributed by atoms with E-state index in [0.29, 0.717) is 6.06 Å². The Morgan fingerprint density at radius 3 is 2.50 bits per heavy atom. The number of rotatable bonds is 2. The molecule has 0 aliphatic heterocycles. The van der Waals surface area contributed by atoms with Gasteiger partial charge in [0.15, 0.2) is 0 Å². The van der Waals surface area contributed by atoms with E-state index in [1.807, 2.05) is 0 Å². The highest BCUT2D eigenvalue weighted by Gasteiger charge is 1.84. The Balaban J connectivity index is 2.96. The summed E-state index contributed by atoms with van der Waals surface area (Å²) in [5.41, 5.74) is 0. The topological polar surface area (TPSA) is 0 Å². The first-order valence-corrected chi connectivity index (χ1v) is 4.34. The largest absolute Gasteiger partial charge is 0.148 e. The third-order valence-corrected chi connectivity index (χ3v) is 2.17. The zero-order chi connectivity index (χ0) is 4.99. The van der Waals surface area contributed by atoms with Crippen molar-refractivity contribution in [1.82, 2.24) is 0 Å². The van der Waals surface area contributed by atoms with Gasteiger partial charge in [-0.25, -0.2) is 0 Å². The van der Waals surface area contributed by atoms with Crippen LogP contribution in [0.4, 0.5) is 0 Å². The Morgan fingerprint density at radius 2 is 2.50 bits per heavy atom. The van der Waals surface area contributed by atoms with E-state index in [1.165, 1.54) is 0 Å². The highest BCUT2D eigenvalue weighted by molar-refractivity contribution is 8.46. The summed E-state index contributed by atoms with van der Waals surface area (Å²) >= 11 is 4.05. The smallest absolute Gasteiger partial charge is 0.0730 e. The van der Waals surface area contributed by atoms with Crippen LogP contribution in [0, 0.1) is 0 Å². The molecule has 1 atom stereocenters. The Hall–Kier alpha value is 0.585. The van der Waals surface area contributed by atoms with Gasteiger partial charge in [-0.1, -0.05) is 18.5 Å². The summed E-state index contributed by atoms with van der Waals surface area (Å²) < 4.78 is 0. The van der Waals surface area contributed by atoms with Crippen LogP contribution in [0.15, 0.2) is 12.4 Å². The molecule has 0 aromatic heterocycles. The van der Waals surface area contributed by atoms with E-state index in [0.717, 1.165) is 0 Å². The van der Waals surface area contributed by atoms with Gasteiger partial charge in [0.05, 0.1) is 7.85 Å². The van der Waals surface area contributed by atoms with Gasteiger partial charge >= 0.3 is 0 Å². The second-order valence-corrected chi connectivity index (χ2v) is 3.96. The lowest BCUT2D eigenvalue weighted by Crippen LogP contribution is -1.67. The van der Waals surface area contributed by atoms with E-state index in [4.69, 9.17) is 7.85 Å². The fourth-order valence-corrected chi connectivity index (χ4v) is 0.224. The summed E-state index contributed by atoms with van der Waals surface area (Å²) in [6, 6.07) is 0.641. The molecule has 0 heterocycles. The maximum Gasteiger partial charge on any atom is 0.0730 e. The predicted octanol–water partition coefficient (Wildman–Crippen LogP) is 1.58. The van der Waals surface area contributed by atoms with Crippen molar-refractivity contribution in [2.45, 2.75) is 0 Å². The molecule has 0 aromatic carbocycles. The van der Waals surface area contributed by atoms with Crippen molar-refractivity contribution < 1.29 is 0 Å². The van der Waals surface area contributed by atoms with Gasteiger partial charge in [0, 0.05) is 0 Å². The van der Waals surface area contributed by atoms with Crippen molar-refractivity contribution >= 4 is 27.2 Å². The van der Waals surface area contributed by atoms with Crippen molar-refractivity contribution in [2.24, 2.45) is 0 Å². The minimum atomic E-state index is -0.340. The molecular formula is C3H6BPS. The molecule has 0 rings (SSSR count). The highest BCUT2D eigenvalue weighted by Crippen LogP contribution is 2.39. The third-order valence-electron chi connectivity index (χ3n) is 0.398. The van der Waals surface area contributed by atoms with Crippen LogP contribution >= 0.6 is 19.4 Å². The van der Waals surface area contributed by atoms with Gasteiger partial charge in [-0.05, 0) is 7.12 Å². The van der Waals surface area contributed by atoms with Crippen molar-refractivity contribution in [3.63, 3.8) is 0 Å². The van der Waals surface area contributed by atoms with Gasteiger partial charge < -0.3 is 0 Å². The molecule has 0 aliphatic carbocycles. The molecule has 2 radical (unpaired) electrons. The van der Waals surface area contributed by atoms with Gasteiger partial charge in [-0.3, -0.25) is 0 Å². The summed E-state index contributed by atoms with van der Waals surface area (Å²) in [4.78, 5) is 0. The second-order valence-electron chi connectivity index (χ2n) is 0.805. The van der Waals surface area contributed by atoms with Gasteiger partial charge in [-0.2, -0.15) is 0 Å². The Labute approximate surface area is 46.3 Å². The standard InChI is InChI=1S/C3H6BPS/c1-2-5(6)3-4/h2,6H,1,3H2. The first-order chi connectivity index (χ1) is 2.81. The number of hydrogen-bond acceptors (Lipinski definition) is 1. The van der Waals surface area contributed by atoms with E-state index >= 15 is 0 Å². The van der Waals surface area contributed by atoms with E-state index < -0.39 is 0 Å². The molecule has 0 bridgehead atoms. The molecule has 3 heteroatoms. The fourth-order valence-electron chi connectivity index (χ4n) is 0.0745. The van der Waals surface area contributed by atoms with Crippen molar-refractivity contribution in [2.75, 3.05) is 6.06 Å². The summed E-state index contributed by atoms with van der Waals surface area (Å²) in [6.45, 7) is 3.50. The van der Waals surface area contributed by atoms with Crippen LogP contribution in [-0.4, -0.2) is 13.9 Å². The molecule has 0 aliphatic rings. The van der Waals surface area contributed by atoms with E-state index in [-0.39, 0.29) is 7.12 Å². The first-order valence-electron chi connectivity index (χ1n) is 1.59. The monoisotopic (exact) mass is 116 g/mol. The van der Waals surface area contributed by atoms with Crippen molar-refractivity contribution in [1.29, 1.82) is 0 Å². The molecule has 0 nitrogen and oxygen atoms in total. The molecule has 0 fully saturated rings. The number of thiol groups is 1. The Kier molecular flexibility index (Phi) is 4.13. The van der Waals surface area contributed by atoms with Crippen LogP contribution < -0.4 is 0 Å². The quantitative estimate of drug-likeness (QED) is 0.316. The zero-order valence-corrected chi connectivity index (χ0v) is 5.25. The third kappa shape index (κ3) is 2.80. The molecule has 0 amide bonds. The van der Waals surface area contributed by atoms with E-state index in [9.17, 15) is 0 Å². The lowest BCUT2D eigenvalue weighted by Gasteiger charge is -1.94. The molecular weight excluding hydrogens is 110 g/mol. The van der Waals surface area contributed by atoms with Crippen molar-refractivity contribution in [3.8, 4) is 0 Å². The van der Waals surface area contributed by atoms with Gasteiger partial charge in [0.25, 0.3) is 0 Å². The summed E-state index contributed by atoms with van der Waals surface area (Å²) in [7, 11) is 4.82. The van der Waals surface area contributed by atoms with Gasteiger partial charge in [0.2, 0.25) is 0 Å². The number of hydrogen-bond donors (Lipinski definition) is 1. The van der Waals surface area contributed by atoms with E-state index in [2.05, 4.69) is 18.8 Å². The summed E-state index contributed by atoms with van der Waals surface area (Å²) in [5, 5.41) is 0. The van der Waals surface area contributed by atoms with Crippen molar-refractivity contribution in [3.05, 3.63) is 12.4 Å². The molecule has 0 saturated heterocycles. The molecule has 0 saturated carbocycles. The van der Waals surface area contributed by atoms with Gasteiger partial charge in [0.1, 0.15) is 0 Å². The molecule has 6 heavy (non-hydrogen) atoms. The fraction of sp³-hybridized carbons (Fsp3) is 0.333. The average Bonchev–Trinajstić information content (AvgIpc) is 1.65. The molecule has 32 valence electrons. The minimum Gasteiger partial charge on any atom is -0.148 e. The summed E-state index contributed by atoms with van der Waals surface area (Å²) in [6.07, 6.45) is 0. The second kappa shape index (κ2) is 3.76. The van der Waals surface area contributed by atoms with Crippen LogP contribution in [-0.2, 0) is 0 Å². The normalized spacial score (nSPS) is 13.5. The zero-order valence-electron chi connectivity index (χ0n) is 3.46. The Morgan fingerprint density at radius 1 is 2.00 bits per heavy atom.